The van der Waals surface area contributed by atoms with Gasteiger partial charge in [0, 0.05) is 11.6 Å². The fourth-order valence-electron chi connectivity index (χ4n) is 2.47. The van der Waals surface area contributed by atoms with Crippen molar-refractivity contribution < 1.29 is 19.7 Å². The topological polar surface area (TPSA) is 66.8 Å². The maximum absolute atomic E-state index is 11.3. The van der Waals surface area contributed by atoms with E-state index in [0.29, 0.717) is 23.5 Å². The molecule has 24 heavy (non-hydrogen) atoms. The molecular weight excluding hydrogens is 304 g/mol. The maximum Gasteiger partial charge on any atom is 0.336 e. The van der Waals surface area contributed by atoms with E-state index in [1.54, 1.807) is 30.3 Å². The molecule has 4 nitrogen and oxygen atoms in total. The van der Waals surface area contributed by atoms with Crippen molar-refractivity contribution >= 4 is 5.97 Å². The van der Waals surface area contributed by atoms with Crippen molar-refractivity contribution in [2.45, 2.75) is 6.61 Å². The molecule has 120 valence electrons. The predicted octanol–water partition coefficient (Wildman–Crippen LogP) is 4.34. The summed E-state index contributed by atoms with van der Waals surface area (Å²) in [7, 11) is 0. The van der Waals surface area contributed by atoms with Crippen molar-refractivity contribution in [2.24, 2.45) is 0 Å². The first-order chi connectivity index (χ1) is 11.6. The summed E-state index contributed by atoms with van der Waals surface area (Å²) < 4.78 is 5.67. The second kappa shape index (κ2) is 6.87. The van der Waals surface area contributed by atoms with E-state index in [1.807, 2.05) is 30.3 Å². The number of carboxylic acid groups (broad SMARTS) is 1. The van der Waals surface area contributed by atoms with Gasteiger partial charge in [-0.25, -0.2) is 4.79 Å². The number of phenolic OH excluding ortho intramolecular Hbond substituents is 1. The fourth-order valence-corrected chi connectivity index (χ4v) is 2.47. The van der Waals surface area contributed by atoms with Gasteiger partial charge in [0.2, 0.25) is 0 Å². The van der Waals surface area contributed by atoms with Gasteiger partial charge in [0.25, 0.3) is 0 Å². The number of aromatic carboxylic acids is 1. The van der Waals surface area contributed by atoms with E-state index in [-0.39, 0.29) is 11.3 Å². The minimum atomic E-state index is -1.03. The largest absolute Gasteiger partial charge is 0.507 e. The van der Waals surface area contributed by atoms with E-state index < -0.39 is 5.97 Å². The van der Waals surface area contributed by atoms with E-state index in [1.165, 1.54) is 12.1 Å². The Hall–Kier alpha value is -3.27. The molecule has 2 N–H and O–H groups in total. The molecule has 4 heteroatoms. The maximum atomic E-state index is 11.3. The number of benzene rings is 3. The highest BCUT2D eigenvalue weighted by atomic mass is 16.5. The van der Waals surface area contributed by atoms with Crippen molar-refractivity contribution in [2.75, 3.05) is 0 Å². The SMILES string of the molecule is O=C(O)c1ccccc1-c1ccc(OCc2ccccc2)cc1O. The van der Waals surface area contributed by atoms with Crippen LogP contribution in [0.25, 0.3) is 11.1 Å². The standard InChI is InChI=1S/C20H16O4/c21-19-12-15(24-13-14-6-2-1-3-7-14)10-11-17(19)16-8-4-5-9-18(16)20(22)23/h1-12,21H,13H2,(H,22,23). The van der Waals surface area contributed by atoms with Crippen LogP contribution in [0.15, 0.2) is 72.8 Å². The Morgan fingerprint density at radius 2 is 1.58 bits per heavy atom. The molecule has 0 heterocycles. The molecule has 0 atom stereocenters. The average molecular weight is 320 g/mol. The zero-order valence-electron chi connectivity index (χ0n) is 12.8. The second-order valence-electron chi connectivity index (χ2n) is 5.30. The first kappa shape index (κ1) is 15.6. The number of rotatable bonds is 5. The van der Waals surface area contributed by atoms with Gasteiger partial charge in [0.05, 0.1) is 5.56 Å². The number of hydrogen-bond acceptors (Lipinski definition) is 3. The Morgan fingerprint density at radius 3 is 2.29 bits per heavy atom. The first-order valence-corrected chi connectivity index (χ1v) is 7.47. The zero-order valence-corrected chi connectivity index (χ0v) is 12.8. The van der Waals surface area contributed by atoms with Crippen molar-refractivity contribution in [3.05, 3.63) is 83.9 Å². The summed E-state index contributed by atoms with van der Waals surface area (Å²) >= 11 is 0. The van der Waals surface area contributed by atoms with Crippen molar-refractivity contribution in [1.29, 1.82) is 0 Å². The van der Waals surface area contributed by atoms with E-state index in [2.05, 4.69) is 0 Å². The highest BCUT2D eigenvalue weighted by Crippen LogP contribution is 2.34. The molecule has 0 amide bonds. The lowest BCUT2D eigenvalue weighted by Gasteiger charge is -2.11. The molecular formula is C20H16O4. The third-order valence-corrected chi connectivity index (χ3v) is 3.67. The Labute approximate surface area is 139 Å². The molecule has 0 aliphatic heterocycles. The molecule has 3 aromatic rings. The van der Waals surface area contributed by atoms with Crippen LogP contribution >= 0.6 is 0 Å². The summed E-state index contributed by atoms with van der Waals surface area (Å²) in [6, 6.07) is 21.2. The molecule has 0 spiro atoms. The van der Waals surface area contributed by atoms with Crippen LogP contribution in [0.1, 0.15) is 15.9 Å². The van der Waals surface area contributed by atoms with Gasteiger partial charge in [-0.15, -0.1) is 0 Å². The lowest BCUT2D eigenvalue weighted by Crippen LogP contribution is -1.99. The lowest BCUT2D eigenvalue weighted by atomic mass is 9.99. The summed E-state index contributed by atoms with van der Waals surface area (Å²) in [5.74, 6) is -0.531. The van der Waals surface area contributed by atoms with Crippen LogP contribution in [0.2, 0.25) is 0 Å². The van der Waals surface area contributed by atoms with Gasteiger partial charge in [0.15, 0.2) is 0 Å². The molecule has 3 rings (SSSR count). The highest BCUT2D eigenvalue weighted by molar-refractivity contribution is 5.96. The molecule has 0 saturated heterocycles. The average Bonchev–Trinajstić information content (AvgIpc) is 2.61. The van der Waals surface area contributed by atoms with Crippen LogP contribution in [0, 0.1) is 0 Å². The van der Waals surface area contributed by atoms with Crippen molar-refractivity contribution in [1.82, 2.24) is 0 Å². The van der Waals surface area contributed by atoms with Crippen LogP contribution in [-0.4, -0.2) is 16.2 Å². The number of carboxylic acids is 1. The highest BCUT2D eigenvalue weighted by Gasteiger charge is 2.14. The lowest BCUT2D eigenvalue weighted by molar-refractivity contribution is 0.0697. The predicted molar refractivity (Wildman–Crippen MR) is 91.3 cm³/mol. The number of hydrogen-bond donors (Lipinski definition) is 2. The van der Waals surface area contributed by atoms with Gasteiger partial charge in [0.1, 0.15) is 18.1 Å². The smallest absolute Gasteiger partial charge is 0.336 e. The molecule has 0 radical (unpaired) electrons. The normalized spacial score (nSPS) is 10.3. The Bertz CT molecular complexity index is 857. The van der Waals surface area contributed by atoms with Crippen LogP contribution in [0.4, 0.5) is 0 Å². The number of aromatic hydroxyl groups is 1. The quantitative estimate of drug-likeness (QED) is 0.734. The van der Waals surface area contributed by atoms with Crippen LogP contribution < -0.4 is 4.74 Å². The van der Waals surface area contributed by atoms with E-state index >= 15 is 0 Å². The van der Waals surface area contributed by atoms with Crippen molar-refractivity contribution in [3.8, 4) is 22.6 Å². The van der Waals surface area contributed by atoms with Crippen LogP contribution in [-0.2, 0) is 6.61 Å². The van der Waals surface area contributed by atoms with E-state index in [9.17, 15) is 15.0 Å². The Kier molecular flexibility index (Phi) is 4.47. The van der Waals surface area contributed by atoms with Crippen LogP contribution in [0.5, 0.6) is 11.5 Å². The summed E-state index contributed by atoms with van der Waals surface area (Å²) in [5, 5.41) is 19.6. The van der Waals surface area contributed by atoms with Gasteiger partial charge in [-0.3, -0.25) is 0 Å². The fraction of sp³-hybridized carbons (Fsp3) is 0.0500. The second-order valence-corrected chi connectivity index (χ2v) is 5.30. The van der Waals surface area contributed by atoms with Crippen LogP contribution in [0.3, 0.4) is 0 Å². The van der Waals surface area contributed by atoms with E-state index in [4.69, 9.17) is 4.74 Å². The molecule has 0 bridgehead atoms. The molecule has 0 fully saturated rings. The summed E-state index contributed by atoms with van der Waals surface area (Å²) in [5.41, 5.74) is 2.10. The summed E-state index contributed by atoms with van der Waals surface area (Å²) in [6.07, 6.45) is 0. The number of phenols is 1. The molecule has 0 aliphatic carbocycles. The van der Waals surface area contributed by atoms with Gasteiger partial charge < -0.3 is 14.9 Å². The molecule has 0 aromatic heterocycles. The molecule has 0 aliphatic rings. The Balaban J connectivity index is 1.84. The number of carbonyl (C=O) groups is 1. The van der Waals surface area contributed by atoms with Gasteiger partial charge in [-0.2, -0.15) is 0 Å². The summed E-state index contributed by atoms with van der Waals surface area (Å²) in [4.78, 5) is 11.3. The van der Waals surface area contributed by atoms with Crippen molar-refractivity contribution in [3.63, 3.8) is 0 Å². The Morgan fingerprint density at radius 1 is 0.875 bits per heavy atom. The third-order valence-electron chi connectivity index (χ3n) is 3.67. The first-order valence-electron chi connectivity index (χ1n) is 7.47. The van der Waals surface area contributed by atoms with Gasteiger partial charge in [-0.05, 0) is 29.3 Å². The monoisotopic (exact) mass is 320 g/mol. The van der Waals surface area contributed by atoms with Gasteiger partial charge in [-0.1, -0.05) is 48.5 Å². The van der Waals surface area contributed by atoms with E-state index in [0.717, 1.165) is 5.56 Å². The zero-order chi connectivity index (χ0) is 16.9. The molecule has 0 unspecified atom stereocenters. The molecule has 0 saturated carbocycles. The third kappa shape index (κ3) is 3.38. The summed E-state index contributed by atoms with van der Waals surface area (Å²) in [6.45, 7) is 0.394. The minimum Gasteiger partial charge on any atom is -0.507 e. The number of ether oxygens (including phenoxy) is 1. The van der Waals surface area contributed by atoms with Gasteiger partial charge >= 0.3 is 5.97 Å². The minimum absolute atomic E-state index is 0.0192. The molecule has 3 aromatic carbocycles.